The van der Waals surface area contributed by atoms with E-state index in [0.29, 0.717) is 13.2 Å². The molecule has 2 aromatic carbocycles. The predicted molar refractivity (Wildman–Crippen MR) is 82.7 cm³/mol. The van der Waals surface area contributed by atoms with Crippen LogP contribution < -0.4 is 15.0 Å². The Balaban J connectivity index is 1.72. The molecule has 0 spiro atoms. The van der Waals surface area contributed by atoms with E-state index in [4.69, 9.17) is 14.3 Å². The van der Waals surface area contributed by atoms with E-state index in [1.807, 2.05) is 54.6 Å². The normalized spacial score (nSPS) is 10.3. The second-order valence-corrected chi connectivity index (χ2v) is 4.48. The molecular weight excluding hydrogens is 266 g/mol. The minimum atomic E-state index is 0.510. The van der Waals surface area contributed by atoms with Gasteiger partial charge in [0, 0.05) is 6.54 Å². The van der Waals surface area contributed by atoms with E-state index in [2.05, 4.69) is 12.4 Å². The molecule has 0 aliphatic carbocycles. The Labute approximate surface area is 125 Å². The molecule has 0 fully saturated rings. The Kier molecular flexibility index (Phi) is 6.58. The predicted octanol–water partition coefficient (Wildman–Crippen LogP) is 3.79. The lowest BCUT2D eigenvalue weighted by Gasteiger charge is -2.09. The van der Waals surface area contributed by atoms with E-state index in [1.165, 1.54) is 0 Å². The fourth-order valence-electron chi connectivity index (χ4n) is 1.68. The van der Waals surface area contributed by atoms with Crippen LogP contribution in [0.2, 0.25) is 0 Å². The van der Waals surface area contributed by atoms with Crippen LogP contribution in [0.3, 0.4) is 0 Å². The molecule has 0 bridgehead atoms. The summed E-state index contributed by atoms with van der Waals surface area (Å²) in [4.78, 5) is 5.20. The minimum absolute atomic E-state index is 0.510. The Morgan fingerprint density at radius 1 is 0.810 bits per heavy atom. The van der Waals surface area contributed by atoms with Gasteiger partial charge in [0.15, 0.2) is 0 Å². The molecule has 2 rings (SSSR count). The maximum atomic E-state index is 5.71. The van der Waals surface area contributed by atoms with Crippen LogP contribution in [-0.4, -0.2) is 19.8 Å². The third kappa shape index (κ3) is 5.85. The van der Waals surface area contributed by atoms with Gasteiger partial charge in [0.25, 0.3) is 0 Å². The number of benzene rings is 2. The number of hydroxylamine groups is 1. The fourth-order valence-corrected chi connectivity index (χ4v) is 1.68. The highest BCUT2D eigenvalue weighted by Gasteiger charge is 1.98. The van der Waals surface area contributed by atoms with E-state index in [9.17, 15) is 0 Å². The van der Waals surface area contributed by atoms with Gasteiger partial charge in [0.1, 0.15) is 30.5 Å². The first-order valence-corrected chi connectivity index (χ1v) is 7.19. The van der Waals surface area contributed by atoms with Gasteiger partial charge in [-0.2, -0.15) is 0 Å². The van der Waals surface area contributed by atoms with Gasteiger partial charge < -0.3 is 9.47 Å². The van der Waals surface area contributed by atoms with Crippen LogP contribution in [0.25, 0.3) is 0 Å². The average Bonchev–Trinajstić information content (AvgIpc) is 2.53. The third-order valence-electron chi connectivity index (χ3n) is 2.71. The molecule has 0 aliphatic rings. The summed E-state index contributed by atoms with van der Waals surface area (Å²) in [6.07, 6.45) is 1.05. The summed E-state index contributed by atoms with van der Waals surface area (Å²) in [5.41, 5.74) is 2.86. The number of para-hydroxylation sites is 1. The molecule has 4 heteroatoms. The molecule has 0 unspecified atom stereocenters. The molecule has 112 valence electrons. The Morgan fingerprint density at radius 2 is 1.48 bits per heavy atom. The number of hydrogen-bond acceptors (Lipinski definition) is 4. The van der Waals surface area contributed by atoms with Crippen LogP contribution in [0.15, 0.2) is 54.6 Å². The van der Waals surface area contributed by atoms with Crippen molar-refractivity contribution in [3.05, 3.63) is 54.6 Å². The maximum absolute atomic E-state index is 5.71. The van der Waals surface area contributed by atoms with Crippen molar-refractivity contribution in [1.29, 1.82) is 0 Å². The number of hydrogen-bond donors (Lipinski definition) is 1. The summed E-state index contributed by atoms with van der Waals surface area (Å²) in [6, 6.07) is 17.2. The standard InChI is InChI=1S/C17H21NO3/c1-2-12-18-20-14-13-19-15-8-10-17(11-9-15)21-16-6-4-3-5-7-16/h3-11,18H,2,12-14H2,1H3. The number of nitrogens with one attached hydrogen (secondary N) is 1. The van der Waals surface area contributed by atoms with Crippen molar-refractivity contribution in [2.75, 3.05) is 19.8 Å². The highest BCUT2D eigenvalue weighted by atomic mass is 16.7. The molecule has 1 N–H and O–H groups in total. The molecule has 0 heterocycles. The molecule has 0 saturated heterocycles. The first kappa shape index (κ1) is 15.4. The number of ether oxygens (including phenoxy) is 2. The summed E-state index contributed by atoms with van der Waals surface area (Å²) in [5, 5.41) is 0. The molecule has 21 heavy (non-hydrogen) atoms. The largest absolute Gasteiger partial charge is 0.491 e. The summed E-state index contributed by atoms with van der Waals surface area (Å²) >= 11 is 0. The summed E-state index contributed by atoms with van der Waals surface area (Å²) in [7, 11) is 0. The van der Waals surface area contributed by atoms with Crippen LogP contribution >= 0.6 is 0 Å². The quantitative estimate of drug-likeness (QED) is 0.562. The van der Waals surface area contributed by atoms with Crippen molar-refractivity contribution in [2.45, 2.75) is 13.3 Å². The summed E-state index contributed by atoms with van der Waals surface area (Å²) in [6.45, 7) is 3.97. The van der Waals surface area contributed by atoms with Crippen LogP contribution in [0.5, 0.6) is 17.2 Å². The van der Waals surface area contributed by atoms with Gasteiger partial charge >= 0.3 is 0 Å². The lowest BCUT2D eigenvalue weighted by atomic mass is 10.3. The van der Waals surface area contributed by atoms with Gasteiger partial charge in [-0.1, -0.05) is 25.1 Å². The molecule has 0 radical (unpaired) electrons. The highest BCUT2D eigenvalue weighted by molar-refractivity contribution is 5.35. The lowest BCUT2D eigenvalue weighted by Crippen LogP contribution is -2.19. The molecule has 0 aromatic heterocycles. The zero-order valence-electron chi connectivity index (χ0n) is 12.2. The van der Waals surface area contributed by atoms with E-state index >= 15 is 0 Å². The van der Waals surface area contributed by atoms with E-state index in [1.54, 1.807) is 0 Å². The first-order chi connectivity index (χ1) is 10.4. The molecule has 0 atom stereocenters. The van der Waals surface area contributed by atoms with Crippen LogP contribution in [0, 0.1) is 0 Å². The topological polar surface area (TPSA) is 39.7 Å². The number of rotatable bonds is 9. The zero-order valence-corrected chi connectivity index (χ0v) is 12.2. The minimum Gasteiger partial charge on any atom is -0.491 e. The second kappa shape index (κ2) is 9.00. The van der Waals surface area contributed by atoms with Crippen LogP contribution in [0.1, 0.15) is 13.3 Å². The Morgan fingerprint density at radius 3 is 2.19 bits per heavy atom. The Bertz CT molecular complexity index is 499. The van der Waals surface area contributed by atoms with Gasteiger partial charge in [0.2, 0.25) is 0 Å². The summed E-state index contributed by atoms with van der Waals surface area (Å²) < 4.78 is 11.3. The lowest BCUT2D eigenvalue weighted by molar-refractivity contribution is 0.0227. The van der Waals surface area contributed by atoms with Crippen molar-refractivity contribution >= 4 is 0 Å². The van der Waals surface area contributed by atoms with Gasteiger partial charge in [-0.15, -0.1) is 0 Å². The second-order valence-electron chi connectivity index (χ2n) is 4.48. The van der Waals surface area contributed by atoms with Crippen molar-refractivity contribution in [2.24, 2.45) is 0 Å². The smallest absolute Gasteiger partial charge is 0.127 e. The van der Waals surface area contributed by atoms with E-state index in [0.717, 1.165) is 30.2 Å². The molecule has 2 aromatic rings. The van der Waals surface area contributed by atoms with Crippen molar-refractivity contribution in [3.8, 4) is 17.2 Å². The fraction of sp³-hybridized carbons (Fsp3) is 0.294. The third-order valence-corrected chi connectivity index (χ3v) is 2.71. The monoisotopic (exact) mass is 287 g/mol. The maximum Gasteiger partial charge on any atom is 0.127 e. The van der Waals surface area contributed by atoms with Crippen LogP contribution in [-0.2, 0) is 4.84 Å². The zero-order chi connectivity index (χ0) is 14.8. The van der Waals surface area contributed by atoms with Gasteiger partial charge in [-0.05, 0) is 42.8 Å². The average molecular weight is 287 g/mol. The molecule has 0 saturated carbocycles. The molecule has 4 nitrogen and oxygen atoms in total. The highest BCUT2D eigenvalue weighted by Crippen LogP contribution is 2.23. The molecular formula is C17H21NO3. The van der Waals surface area contributed by atoms with Crippen molar-refractivity contribution in [3.63, 3.8) is 0 Å². The molecule has 0 amide bonds. The van der Waals surface area contributed by atoms with Crippen molar-refractivity contribution < 1.29 is 14.3 Å². The first-order valence-electron chi connectivity index (χ1n) is 7.19. The van der Waals surface area contributed by atoms with Crippen molar-refractivity contribution in [1.82, 2.24) is 5.48 Å². The van der Waals surface area contributed by atoms with Gasteiger partial charge in [-0.3, -0.25) is 4.84 Å². The van der Waals surface area contributed by atoms with E-state index in [-0.39, 0.29) is 0 Å². The molecule has 0 aliphatic heterocycles. The summed E-state index contributed by atoms with van der Waals surface area (Å²) in [5.74, 6) is 2.41. The van der Waals surface area contributed by atoms with Gasteiger partial charge in [-0.25, -0.2) is 5.48 Å². The SMILES string of the molecule is CCCNOCCOc1ccc(Oc2ccccc2)cc1. The Hall–Kier alpha value is -2.04. The van der Waals surface area contributed by atoms with Crippen LogP contribution in [0.4, 0.5) is 0 Å². The van der Waals surface area contributed by atoms with Gasteiger partial charge in [0.05, 0.1) is 0 Å². The van der Waals surface area contributed by atoms with E-state index < -0.39 is 0 Å².